The van der Waals surface area contributed by atoms with Gasteiger partial charge in [0.1, 0.15) is 0 Å². The highest BCUT2D eigenvalue weighted by Crippen LogP contribution is 2.42. The van der Waals surface area contributed by atoms with Crippen LogP contribution in [0.5, 0.6) is 0 Å². The molecule has 0 radical (unpaired) electrons. The van der Waals surface area contributed by atoms with E-state index in [2.05, 4.69) is 55.4 Å². The Hall–Kier alpha value is 0.197. The molecule has 0 aromatic rings. The molecule has 0 amide bonds. The van der Waals surface area contributed by atoms with Gasteiger partial charge in [0.05, 0.1) is 0 Å². The van der Waals surface area contributed by atoms with Crippen molar-refractivity contribution in [2.75, 3.05) is 6.61 Å². The summed E-state index contributed by atoms with van der Waals surface area (Å²) in [6, 6.07) is 0. The van der Waals surface area contributed by atoms with Gasteiger partial charge >= 0.3 is 0 Å². The lowest BCUT2D eigenvalue weighted by molar-refractivity contribution is -0.109. The largest absolute Gasteiger partial charge is 0.416 e. The van der Waals surface area contributed by atoms with E-state index in [9.17, 15) is 4.79 Å². The van der Waals surface area contributed by atoms with Gasteiger partial charge in [-0.25, -0.2) is 0 Å². The molecule has 0 aromatic heterocycles. The fourth-order valence-corrected chi connectivity index (χ4v) is 10.2. The topological polar surface area (TPSA) is 26.3 Å². The van der Waals surface area contributed by atoms with Crippen LogP contribution in [-0.2, 0) is 9.22 Å². The second kappa shape index (κ2) is 9.36. The maximum absolute atomic E-state index is 11.4. The summed E-state index contributed by atoms with van der Waals surface area (Å²) in [6.45, 7) is 20.8. The molecular weight excluding hydrogens is 296 g/mol. The van der Waals surface area contributed by atoms with Crippen molar-refractivity contribution >= 4 is 25.2 Å². The number of thioether (sulfide) groups is 1. The van der Waals surface area contributed by atoms with Gasteiger partial charge in [-0.05, 0) is 29.0 Å². The Balaban J connectivity index is 4.93. The summed E-state index contributed by atoms with van der Waals surface area (Å²) in [4.78, 5) is 11.4. The van der Waals surface area contributed by atoms with Gasteiger partial charge in [0, 0.05) is 18.8 Å². The second-order valence-corrected chi connectivity index (χ2v) is 14.0. The molecule has 4 heteroatoms. The quantitative estimate of drug-likeness (QED) is 0.494. The lowest BCUT2D eigenvalue weighted by Crippen LogP contribution is -2.49. The van der Waals surface area contributed by atoms with E-state index in [-0.39, 0.29) is 5.12 Å². The summed E-state index contributed by atoms with van der Waals surface area (Å²) in [7, 11) is -1.78. The van der Waals surface area contributed by atoms with Crippen LogP contribution < -0.4 is 0 Å². The third-order valence-corrected chi connectivity index (χ3v) is 12.2. The van der Waals surface area contributed by atoms with Gasteiger partial charge in [0.25, 0.3) is 0 Å². The van der Waals surface area contributed by atoms with E-state index < -0.39 is 8.32 Å². The van der Waals surface area contributed by atoms with E-state index in [1.54, 1.807) is 6.92 Å². The van der Waals surface area contributed by atoms with Gasteiger partial charge in [-0.2, -0.15) is 0 Å². The lowest BCUT2D eigenvalue weighted by Gasteiger charge is -2.43. The first-order valence-corrected chi connectivity index (χ1v) is 11.4. The summed E-state index contributed by atoms with van der Waals surface area (Å²) in [5.74, 6) is 0.423. The van der Waals surface area contributed by atoms with Gasteiger partial charge in [-0.15, -0.1) is 0 Å². The van der Waals surface area contributed by atoms with Gasteiger partial charge in [0.15, 0.2) is 13.4 Å². The van der Waals surface area contributed by atoms with Crippen molar-refractivity contribution in [3.05, 3.63) is 0 Å². The summed E-state index contributed by atoms with van der Waals surface area (Å²) in [5.41, 5.74) is 1.85. The highest BCUT2D eigenvalue weighted by atomic mass is 32.2. The van der Waals surface area contributed by atoms with Crippen molar-refractivity contribution < 1.29 is 9.22 Å². The van der Waals surface area contributed by atoms with Crippen molar-refractivity contribution in [1.29, 1.82) is 0 Å². The van der Waals surface area contributed by atoms with Crippen LogP contribution in [0.3, 0.4) is 0 Å². The summed E-state index contributed by atoms with van der Waals surface area (Å²) in [6.07, 6.45) is 1.02. The smallest absolute Gasteiger partial charge is 0.200 e. The van der Waals surface area contributed by atoms with Gasteiger partial charge < -0.3 is 4.43 Å². The minimum absolute atomic E-state index is 0.216. The lowest BCUT2D eigenvalue weighted by atomic mass is 10.1. The zero-order valence-corrected chi connectivity index (χ0v) is 17.3. The predicted octanol–water partition coefficient (Wildman–Crippen LogP) is 5.87. The number of carbonyl (C=O) groups excluding carboxylic acids is 1. The molecule has 0 fully saturated rings. The molecule has 0 aromatic carbocycles. The average Bonchev–Trinajstić information content (AvgIpc) is 2.34. The highest BCUT2D eigenvalue weighted by Gasteiger charge is 2.45. The van der Waals surface area contributed by atoms with Crippen LogP contribution in [0.1, 0.15) is 68.7 Å². The first kappa shape index (κ1) is 21.2. The monoisotopic (exact) mass is 332 g/mol. The Bertz CT molecular complexity index is 294. The molecule has 0 heterocycles. The van der Waals surface area contributed by atoms with E-state index in [4.69, 9.17) is 4.43 Å². The molecule has 0 aliphatic rings. The van der Waals surface area contributed by atoms with E-state index in [0.29, 0.717) is 27.8 Å². The van der Waals surface area contributed by atoms with Crippen molar-refractivity contribution in [1.82, 2.24) is 0 Å². The predicted molar refractivity (Wildman–Crippen MR) is 98.5 cm³/mol. The Kier molecular flexibility index (Phi) is 9.45. The van der Waals surface area contributed by atoms with Crippen molar-refractivity contribution in [2.24, 2.45) is 5.92 Å². The standard InChI is InChI=1S/C17H36O2SSi/c1-10-17(20-16(9)18)15(8)11-19-21(12(2)3,13(4)5)14(6)7/h12-15,17H,10-11H2,1-9H3/t15-,17-/m1/s1. The molecule has 21 heavy (non-hydrogen) atoms. The SMILES string of the molecule is CC[C@@H](SC(C)=O)[C@H](C)CO[Si](C(C)C)(C(C)C)C(C)C. The summed E-state index contributed by atoms with van der Waals surface area (Å²) < 4.78 is 6.65. The highest BCUT2D eigenvalue weighted by molar-refractivity contribution is 8.14. The third kappa shape index (κ3) is 5.72. The Labute approximate surface area is 137 Å². The van der Waals surface area contributed by atoms with Gasteiger partial charge in [-0.3, -0.25) is 4.79 Å². The molecule has 0 aliphatic heterocycles. The number of carbonyl (C=O) groups is 1. The molecular formula is C17H36O2SSi. The zero-order valence-electron chi connectivity index (χ0n) is 15.5. The van der Waals surface area contributed by atoms with Crippen molar-refractivity contribution in [3.63, 3.8) is 0 Å². The number of hydrogen-bond acceptors (Lipinski definition) is 3. The molecule has 0 saturated heterocycles. The zero-order chi connectivity index (χ0) is 16.8. The van der Waals surface area contributed by atoms with Gasteiger partial charge in [0.2, 0.25) is 0 Å². The first-order valence-electron chi connectivity index (χ1n) is 8.40. The molecule has 2 atom stereocenters. The molecule has 126 valence electrons. The minimum Gasteiger partial charge on any atom is -0.416 e. The van der Waals surface area contributed by atoms with E-state index in [0.717, 1.165) is 13.0 Å². The van der Waals surface area contributed by atoms with Crippen LogP contribution in [0.4, 0.5) is 0 Å². The Morgan fingerprint density at radius 3 is 1.71 bits per heavy atom. The maximum atomic E-state index is 11.4. The molecule has 2 nitrogen and oxygen atoms in total. The number of hydrogen-bond donors (Lipinski definition) is 0. The molecule has 0 spiro atoms. The van der Waals surface area contributed by atoms with E-state index >= 15 is 0 Å². The normalized spacial score (nSPS) is 15.8. The van der Waals surface area contributed by atoms with Crippen LogP contribution in [-0.4, -0.2) is 25.3 Å². The van der Waals surface area contributed by atoms with Crippen molar-refractivity contribution in [3.8, 4) is 0 Å². The Morgan fingerprint density at radius 2 is 1.43 bits per heavy atom. The van der Waals surface area contributed by atoms with Crippen LogP contribution in [0.25, 0.3) is 0 Å². The number of rotatable bonds is 9. The molecule has 0 aliphatic carbocycles. The van der Waals surface area contributed by atoms with Crippen molar-refractivity contribution in [2.45, 2.75) is 90.6 Å². The summed E-state index contributed by atoms with van der Waals surface area (Å²) in [5, 5.41) is 0.592. The second-order valence-electron chi connectivity index (χ2n) is 7.16. The van der Waals surface area contributed by atoms with Crippen LogP contribution in [0.15, 0.2) is 0 Å². The molecule has 0 rings (SSSR count). The fraction of sp³-hybridized carbons (Fsp3) is 0.941. The van der Waals surface area contributed by atoms with Crippen LogP contribution >= 0.6 is 11.8 Å². The van der Waals surface area contributed by atoms with E-state index in [1.807, 2.05) is 0 Å². The molecule has 0 bridgehead atoms. The Morgan fingerprint density at radius 1 is 1.00 bits per heavy atom. The molecule has 0 N–H and O–H groups in total. The van der Waals surface area contributed by atoms with E-state index in [1.165, 1.54) is 11.8 Å². The third-order valence-electron chi connectivity index (χ3n) is 4.66. The van der Waals surface area contributed by atoms with Gasteiger partial charge in [-0.1, -0.05) is 67.2 Å². The maximum Gasteiger partial charge on any atom is 0.200 e. The first-order chi connectivity index (χ1) is 9.59. The minimum atomic E-state index is -1.78. The van der Waals surface area contributed by atoms with Crippen LogP contribution in [0, 0.1) is 5.92 Å². The average molecular weight is 333 g/mol. The molecule has 0 unspecified atom stereocenters. The fourth-order valence-electron chi connectivity index (χ4n) is 3.70. The van der Waals surface area contributed by atoms with Crippen LogP contribution in [0.2, 0.25) is 16.6 Å². The summed E-state index contributed by atoms with van der Waals surface area (Å²) >= 11 is 1.48. The molecule has 0 saturated carbocycles.